The molecule has 7 rings (SSSR count). The second-order valence-electron chi connectivity index (χ2n) is 15.2. The fraction of sp³-hybridized carbons (Fsp3) is 0.553. The molecule has 3 aromatic rings. The average Bonchev–Trinajstić information content (AvgIpc) is 3.96. The van der Waals surface area contributed by atoms with Gasteiger partial charge in [-0.1, -0.05) is 32.1 Å². The van der Waals surface area contributed by atoms with Gasteiger partial charge in [0.2, 0.25) is 21.8 Å². The third-order valence-electron chi connectivity index (χ3n) is 11.1. The maximum Gasteiger partial charge on any atom is 0.259 e. The first-order valence-electron chi connectivity index (χ1n) is 18.1. The molecule has 3 amide bonds. The van der Waals surface area contributed by atoms with Crippen LogP contribution in [0.5, 0.6) is 5.75 Å². The fourth-order valence-electron chi connectivity index (χ4n) is 7.45. The molecular formula is C38H47N5O6S2. The molecule has 4 aliphatic rings. The Labute approximate surface area is 303 Å². The summed E-state index contributed by atoms with van der Waals surface area (Å²) in [6.45, 7) is 8.87. The van der Waals surface area contributed by atoms with Crippen LogP contribution in [0.4, 0.5) is 0 Å². The van der Waals surface area contributed by atoms with Crippen molar-refractivity contribution < 1.29 is 27.5 Å². The highest BCUT2D eigenvalue weighted by molar-refractivity contribution is 7.91. The number of nitrogens with one attached hydrogen (secondary N) is 2. The van der Waals surface area contributed by atoms with Gasteiger partial charge in [-0.3, -0.25) is 19.1 Å². The van der Waals surface area contributed by atoms with Gasteiger partial charge in [-0.05, 0) is 88.3 Å². The summed E-state index contributed by atoms with van der Waals surface area (Å²) in [6.07, 6.45) is 7.75. The third kappa shape index (κ3) is 7.03. The number of amides is 3. The number of thiazole rings is 1. The summed E-state index contributed by atoms with van der Waals surface area (Å²) >= 11 is 1.54. The predicted molar refractivity (Wildman–Crippen MR) is 197 cm³/mol. The van der Waals surface area contributed by atoms with Crippen LogP contribution in [0.2, 0.25) is 0 Å². The molecule has 1 aromatic carbocycles. The maximum absolute atomic E-state index is 14.3. The number of carbonyl (C=O) groups excluding carboxylic acids is 3. The Balaban J connectivity index is 1.20. The zero-order valence-electron chi connectivity index (χ0n) is 29.9. The minimum absolute atomic E-state index is 0.133. The first kappa shape index (κ1) is 35.6. The highest BCUT2D eigenvalue weighted by atomic mass is 32.2. The number of aromatic nitrogens is 2. The van der Waals surface area contributed by atoms with Gasteiger partial charge in [-0.15, -0.1) is 11.3 Å². The molecule has 0 unspecified atom stereocenters. The van der Waals surface area contributed by atoms with Crippen molar-refractivity contribution in [1.29, 1.82) is 0 Å². The second-order valence-corrected chi connectivity index (χ2v) is 18.0. The van der Waals surface area contributed by atoms with Gasteiger partial charge in [0.15, 0.2) is 0 Å². The summed E-state index contributed by atoms with van der Waals surface area (Å²) in [7, 11) is -2.04. The molecule has 2 N–H and O–H groups in total. The van der Waals surface area contributed by atoms with Crippen LogP contribution < -0.4 is 14.8 Å². The molecule has 11 nitrogen and oxygen atoms in total. The van der Waals surface area contributed by atoms with Crippen LogP contribution in [0.1, 0.15) is 88.0 Å². The van der Waals surface area contributed by atoms with Crippen LogP contribution in [-0.4, -0.2) is 71.5 Å². The minimum Gasteiger partial charge on any atom is -0.490 e. The van der Waals surface area contributed by atoms with Crippen LogP contribution in [-0.2, 0) is 24.4 Å². The summed E-state index contributed by atoms with van der Waals surface area (Å²) in [5.41, 5.74) is 3.27. The summed E-state index contributed by atoms with van der Waals surface area (Å²) in [5, 5.41) is 6.09. The number of fused-ring (bicyclic) bond motifs is 3. The molecule has 3 saturated carbocycles. The van der Waals surface area contributed by atoms with E-state index in [-0.39, 0.29) is 24.2 Å². The summed E-state index contributed by atoms with van der Waals surface area (Å²) in [5.74, 6) is -2.16. The number of nitrogens with zero attached hydrogens (tertiary/aromatic N) is 3. The zero-order valence-corrected chi connectivity index (χ0v) is 31.5. The van der Waals surface area contributed by atoms with Crippen molar-refractivity contribution in [1.82, 2.24) is 24.9 Å². The van der Waals surface area contributed by atoms with Crippen LogP contribution in [0, 0.1) is 31.6 Å². The zero-order chi connectivity index (χ0) is 36.2. The minimum atomic E-state index is -3.82. The summed E-state index contributed by atoms with van der Waals surface area (Å²) in [6, 6.07) is 5.95. The Morgan fingerprint density at radius 3 is 2.61 bits per heavy atom. The Bertz CT molecular complexity index is 2020. The number of allylic oxidation sites excluding steroid dienone is 1. The number of sulfonamides is 1. The van der Waals surface area contributed by atoms with Crippen LogP contribution in [0.25, 0.3) is 21.6 Å². The van der Waals surface area contributed by atoms with Crippen LogP contribution in [0.15, 0.2) is 35.7 Å². The van der Waals surface area contributed by atoms with Crippen molar-refractivity contribution in [2.45, 2.75) is 102 Å². The SMILES string of the molecule is Cc1ccc2c(O[C@@H]3C[C@H]4C(=O)N[C@]5(C(=O)NS(=O)(=O)C6CC6)C[C@H]5/C=C\CCCCN(C)C(=O)[C@@H]4C3)cc(-c3nc(C(C)C)cs3)nc2c1C. The lowest BCUT2D eigenvalue weighted by Gasteiger charge is -2.26. The number of aryl methyl sites for hydroxylation is 2. The number of ether oxygens (including phenoxy) is 1. The van der Waals surface area contributed by atoms with Crippen molar-refractivity contribution in [3.05, 3.63) is 52.6 Å². The maximum atomic E-state index is 14.3. The normalized spacial score (nSPS) is 27.8. The van der Waals surface area contributed by atoms with E-state index in [1.807, 2.05) is 44.2 Å². The Morgan fingerprint density at radius 2 is 1.88 bits per heavy atom. The van der Waals surface area contributed by atoms with Crippen molar-refractivity contribution in [2.24, 2.45) is 17.8 Å². The van der Waals surface area contributed by atoms with Gasteiger partial charge in [-0.2, -0.15) is 0 Å². The van der Waals surface area contributed by atoms with Gasteiger partial charge < -0.3 is 15.0 Å². The topological polar surface area (TPSA) is 148 Å². The fourth-order valence-corrected chi connectivity index (χ4v) is 9.75. The van der Waals surface area contributed by atoms with E-state index in [1.165, 1.54) is 11.3 Å². The first-order valence-corrected chi connectivity index (χ1v) is 20.5. The molecule has 2 aromatic heterocycles. The molecule has 272 valence electrons. The van der Waals surface area contributed by atoms with E-state index < -0.39 is 50.6 Å². The molecule has 1 aliphatic heterocycles. The molecule has 3 fully saturated rings. The number of carbonyl (C=O) groups is 3. The van der Waals surface area contributed by atoms with Gasteiger partial charge >= 0.3 is 0 Å². The van der Waals surface area contributed by atoms with E-state index in [1.54, 1.807) is 11.9 Å². The predicted octanol–water partition coefficient (Wildman–Crippen LogP) is 5.55. The number of hydrogen-bond donors (Lipinski definition) is 2. The monoisotopic (exact) mass is 733 g/mol. The molecule has 51 heavy (non-hydrogen) atoms. The van der Waals surface area contributed by atoms with E-state index in [9.17, 15) is 22.8 Å². The summed E-state index contributed by atoms with van der Waals surface area (Å²) in [4.78, 5) is 53.5. The lowest BCUT2D eigenvalue weighted by Crippen LogP contribution is -2.54. The number of benzene rings is 1. The molecule has 5 atom stereocenters. The van der Waals surface area contributed by atoms with Gasteiger partial charge in [0.1, 0.15) is 28.1 Å². The Kier molecular flexibility index (Phi) is 9.49. The molecule has 0 saturated heterocycles. The van der Waals surface area contributed by atoms with Crippen molar-refractivity contribution in [2.75, 3.05) is 13.6 Å². The third-order valence-corrected chi connectivity index (χ3v) is 13.8. The van der Waals surface area contributed by atoms with E-state index in [0.717, 1.165) is 52.0 Å². The van der Waals surface area contributed by atoms with Gasteiger partial charge in [0.25, 0.3) is 5.91 Å². The molecule has 13 heteroatoms. The number of pyridine rings is 1. The highest BCUT2D eigenvalue weighted by Gasteiger charge is 2.62. The standard InChI is InChI=1S/C38H47N5O6S2/c1-21(2)31-20-50-35(40-31)30-18-32(27-14-11-22(3)23(4)33(27)39-30)49-25-16-28-29(17-25)36(45)43(5)15-9-7-6-8-10-24-19-38(24,41-34(28)44)37(46)42-51(47,48)26-12-13-26/h8,10-11,14,18,20-21,24-26,28-29H,6-7,9,12-13,15-17,19H2,1-5H3,(H,41,44)(H,42,46)/b10-8-/t24-,25-,28-,29-,38-/m1/s1. The van der Waals surface area contributed by atoms with E-state index in [4.69, 9.17) is 14.7 Å². The number of hydrogen-bond acceptors (Lipinski definition) is 9. The lowest BCUT2D eigenvalue weighted by molar-refractivity contribution is -0.140. The van der Waals surface area contributed by atoms with Gasteiger partial charge in [0.05, 0.1) is 28.3 Å². The van der Waals surface area contributed by atoms with Crippen LogP contribution >= 0.6 is 11.3 Å². The van der Waals surface area contributed by atoms with Crippen molar-refractivity contribution in [3.63, 3.8) is 0 Å². The Morgan fingerprint density at radius 1 is 1.12 bits per heavy atom. The molecule has 0 spiro atoms. The van der Waals surface area contributed by atoms with Gasteiger partial charge in [0, 0.05) is 36.3 Å². The van der Waals surface area contributed by atoms with E-state index in [0.29, 0.717) is 43.7 Å². The Hall–Kier alpha value is -3.84. The first-order chi connectivity index (χ1) is 24.3. The lowest BCUT2D eigenvalue weighted by atomic mass is 9.93. The molecule has 0 bridgehead atoms. The molecule has 3 aliphatic carbocycles. The number of rotatable bonds is 7. The summed E-state index contributed by atoms with van der Waals surface area (Å²) < 4.78 is 34.6. The molecule has 3 heterocycles. The van der Waals surface area contributed by atoms with Gasteiger partial charge in [-0.25, -0.2) is 18.4 Å². The quantitative estimate of drug-likeness (QED) is 0.301. The van der Waals surface area contributed by atoms with Crippen molar-refractivity contribution in [3.8, 4) is 16.5 Å². The second kappa shape index (κ2) is 13.6. The molecule has 0 radical (unpaired) electrons. The smallest absolute Gasteiger partial charge is 0.259 e. The van der Waals surface area contributed by atoms with E-state index >= 15 is 0 Å². The highest BCUT2D eigenvalue weighted by Crippen LogP contribution is 2.47. The average molecular weight is 734 g/mol. The largest absolute Gasteiger partial charge is 0.490 e. The van der Waals surface area contributed by atoms with E-state index in [2.05, 4.69) is 29.3 Å². The van der Waals surface area contributed by atoms with Crippen molar-refractivity contribution >= 4 is 50.0 Å². The molecular weight excluding hydrogens is 687 g/mol. The van der Waals surface area contributed by atoms with Crippen LogP contribution in [0.3, 0.4) is 0 Å².